The molecule has 18 heavy (non-hydrogen) atoms. The first-order valence-corrected chi connectivity index (χ1v) is 6.58. The van der Waals surface area contributed by atoms with Crippen molar-refractivity contribution in [3.05, 3.63) is 11.9 Å². The first-order valence-electron chi connectivity index (χ1n) is 6.58. The second kappa shape index (κ2) is 7.03. The Kier molecular flexibility index (Phi) is 5.68. The van der Waals surface area contributed by atoms with Crippen LogP contribution in [-0.2, 0) is 11.8 Å². The highest BCUT2D eigenvalue weighted by Crippen LogP contribution is 2.21. The van der Waals surface area contributed by atoms with E-state index in [2.05, 4.69) is 36.5 Å². The molecule has 0 saturated carbocycles. The Balaban J connectivity index is 2.45. The first kappa shape index (κ1) is 14.5. The lowest BCUT2D eigenvalue weighted by Crippen LogP contribution is -2.30. The van der Waals surface area contributed by atoms with Crippen molar-refractivity contribution in [1.82, 2.24) is 15.1 Å². The van der Waals surface area contributed by atoms with E-state index in [1.807, 2.05) is 13.2 Å². The summed E-state index contributed by atoms with van der Waals surface area (Å²) in [4.78, 5) is 11.6. The van der Waals surface area contributed by atoms with Gasteiger partial charge in [-0.2, -0.15) is 5.10 Å². The van der Waals surface area contributed by atoms with Gasteiger partial charge in [0.05, 0.1) is 17.9 Å². The third kappa shape index (κ3) is 4.39. The quantitative estimate of drug-likeness (QED) is 0.728. The summed E-state index contributed by atoms with van der Waals surface area (Å²) in [6.07, 6.45) is 4.03. The van der Waals surface area contributed by atoms with Crippen LogP contribution in [0, 0.1) is 0 Å². The van der Waals surface area contributed by atoms with Crippen LogP contribution in [0.3, 0.4) is 0 Å². The number of nitrogens with zero attached hydrogens (tertiary/aromatic N) is 2. The largest absolute Gasteiger partial charge is 0.373 e. The van der Waals surface area contributed by atoms with Gasteiger partial charge in [-0.1, -0.05) is 27.2 Å². The summed E-state index contributed by atoms with van der Waals surface area (Å²) in [5.74, 6) is 0.374. The van der Waals surface area contributed by atoms with Gasteiger partial charge in [0.1, 0.15) is 0 Å². The fourth-order valence-corrected chi connectivity index (χ4v) is 1.71. The molecule has 0 unspecified atom stereocenters. The first-order chi connectivity index (χ1) is 8.54. The lowest BCUT2D eigenvalue weighted by Gasteiger charge is -2.08. The molecule has 0 aliphatic heterocycles. The molecular weight excluding hydrogens is 228 g/mol. The van der Waals surface area contributed by atoms with Crippen LogP contribution in [0.5, 0.6) is 0 Å². The lowest BCUT2D eigenvalue weighted by molar-refractivity contribution is -0.119. The average molecular weight is 252 g/mol. The normalized spacial score (nSPS) is 10.7. The SMILES string of the molecule is CCCCNC(=O)CNc1cn(C)nc1C(C)C. The number of nitrogens with one attached hydrogen (secondary N) is 2. The minimum atomic E-state index is 0.0296. The maximum atomic E-state index is 11.6. The summed E-state index contributed by atoms with van der Waals surface area (Å²) in [5, 5.41) is 10.4. The molecule has 2 N–H and O–H groups in total. The number of aromatic nitrogens is 2. The van der Waals surface area contributed by atoms with E-state index < -0.39 is 0 Å². The van der Waals surface area contributed by atoms with E-state index in [9.17, 15) is 4.79 Å². The van der Waals surface area contributed by atoms with Gasteiger partial charge in [0.25, 0.3) is 0 Å². The predicted molar refractivity (Wildman–Crippen MR) is 73.7 cm³/mol. The zero-order valence-electron chi connectivity index (χ0n) is 11.8. The number of aryl methyl sites for hydroxylation is 1. The third-order valence-electron chi connectivity index (χ3n) is 2.70. The molecule has 102 valence electrons. The fraction of sp³-hybridized carbons (Fsp3) is 0.692. The minimum absolute atomic E-state index is 0.0296. The lowest BCUT2D eigenvalue weighted by atomic mass is 10.1. The van der Waals surface area contributed by atoms with Crippen molar-refractivity contribution in [3.8, 4) is 0 Å². The van der Waals surface area contributed by atoms with Crippen molar-refractivity contribution < 1.29 is 4.79 Å². The molecule has 0 aliphatic carbocycles. The molecule has 1 heterocycles. The van der Waals surface area contributed by atoms with E-state index in [-0.39, 0.29) is 5.91 Å². The van der Waals surface area contributed by atoms with Gasteiger partial charge in [-0.25, -0.2) is 0 Å². The monoisotopic (exact) mass is 252 g/mol. The molecule has 0 saturated heterocycles. The number of hydrogen-bond donors (Lipinski definition) is 2. The highest BCUT2D eigenvalue weighted by atomic mass is 16.1. The molecule has 5 heteroatoms. The Morgan fingerprint density at radius 3 is 2.83 bits per heavy atom. The number of carbonyl (C=O) groups is 1. The molecule has 1 aromatic heterocycles. The average Bonchev–Trinajstić information content (AvgIpc) is 2.68. The van der Waals surface area contributed by atoms with Gasteiger partial charge in [0, 0.05) is 19.8 Å². The second-order valence-corrected chi connectivity index (χ2v) is 4.81. The van der Waals surface area contributed by atoms with Gasteiger partial charge >= 0.3 is 0 Å². The van der Waals surface area contributed by atoms with Crippen LogP contribution in [0.1, 0.15) is 45.2 Å². The van der Waals surface area contributed by atoms with Crippen LogP contribution in [0.25, 0.3) is 0 Å². The Hall–Kier alpha value is -1.52. The maximum Gasteiger partial charge on any atom is 0.239 e. The van der Waals surface area contributed by atoms with E-state index in [0.29, 0.717) is 12.5 Å². The van der Waals surface area contributed by atoms with Crippen LogP contribution in [0.2, 0.25) is 0 Å². The summed E-state index contributed by atoms with van der Waals surface area (Å²) >= 11 is 0. The molecule has 1 aromatic rings. The molecule has 0 spiro atoms. The number of amides is 1. The smallest absolute Gasteiger partial charge is 0.239 e. The highest BCUT2D eigenvalue weighted by molar-refractivity contribution is 5.80. The summed E-state index contributed by atoms with van der Waals surface area (Å²) in [5.41, 5.74) is 1.94. The number of anilines is 1. The standard InChI is InChI=1S/C13H24N4O/c1-5-6-7-14-12(18)8-15-11-9-17(4)16-13(11)10(2)3/h9-10,15H,5-8H2,1-4H3,(H,14,18). The second-order valence-electron chi connectivity index (χ2n) is 4.81. The Morgan fingerprint density at radius 2 is 2.22 bits per heavy atom. The fourth-order valence-electron chi connectivity index (χ4n) is 1.71. The summed E-state index contributed by atoms with van der Waals surface area (Å²) < 4.78 is 1.77. The number of hydrogen-bond acceptors (Lipinski definition) is 3. The molecule has 0 aliphatic rings. The van der Waals surface area contributed by atoms with Crippen molar-refractivity contribution in [2.75, 3.05) is 18.4 Å². The zero-order valence-corrected chi connectivity index (χ0v) is 11.8. The van der Waals surface area contributed by atoms with Crippen LogP contribution in [0.4, 0.5) is 5.69 Å². The zero-order chi connectivity index (χ0) is 13.5. The van der Waals surface area contributed by atoms with Crippen molar-refractivity contribution in [1.29, 1.82) is 0 Å². The summed E-state index contributed by atoms with van der Waals surface area (Å²) in [7, 11) is 1.89. The van der Waals surface area contributed by atoms with E-state index in [0.717, 1.165) is 30.8 Å². The number of unbranched alkanes of at least 4 members (excludes halogenated alkanes) is 1. The van der Waals surface area contributed by atoms with Crippen molar-refractivity contribution in [3.63, 3.8) is 0 Å². The Bertz CT molecular complexity index is 384. The van der Waals surface area contributed by atoms with Crippen molar-refractivity contribution in [2.45, 2.75) is 39.5 Å². The van der Waals surface area contributed by atoms with Crippen molar-refractivity contribution >= 4 is 11.6 Å². The Labute approximate surface area is 109 Å². The number of carbonyl (C=O) groups excluding carboxylic acids is 1. The van der Waals surface area contributed by atoms with E-state index in [1.54, 1.807) is 4.68 Å². The van der Waals surface area contributed by atoms with E-state index in [4.69, 9.17) is 0 Å². The molecule has 0 bridgehead atoms. The molecule has 5 nitrogen and oxygen atoms in total. The van der Waals surface area contributed by atoms with Gasteiger partial charge in [-0.3, -0.25) is 9.48 Å². The van der Waals surface area contributed by atoms with Crippen molar-refractivity contribution in [2.24, 2.45) is 7.05 Å². The van der Waals surface area contributed by atoms with Crippen LogP contribution >= 0.6 is 0 Å². The molecule has 0 aromatic carbocycles. The Morgan fingerprint density at radius 1 is 1.50 bits per heavy atom. The van der Waals surface area contributed by atoms with Crippen LogP contribution in [0.15, 0.2) is 6.20 Å². The maximum absolute atomic E-state index is 11.6. The molecule has 0 radical (unpaired) electrons. The van der Waals surface area contributed by atoms with Gasteiger partial charge in [0.2, 0.25) is 5.91 Å². The van der Waals surface area contributed by atoms with Gasteiger partial charge < -0.3 is 10.6 Å². The summed E-state index contributed by atoms with van der Waals surface area (Å²) in [6.45, 7) is 7.34. The van der Waals surface area contributed by atoms with Gasteiger partial charge in [-0.05, 0) is 12.3 Å². The molecule has 0 fully saturated rings. The topological polar surface area (TPSA) is 59.0 Å². The minimum Gasteiger partial charge on any atom is -0.373 e. The molecule has 1 rings (SSSR count). The number of rotatable bonds is 7. The molecule has 1 amide bonds. The predicted octanol–water partition coefficient (Wildman–Crippen LogP) is 1.87. The highest BCUT2D eigenvalue weighted by Gasteiger charge is 2.11. The van der Waals surface area contributed by atoms with Gasteiger partial charge in [-0.15, -0.1) is 0 Å². The molecular formula is C13H24N4O. The van der Waals surface area contributed by atoms with Gasteiger partial charge in [0.15, 0.2) is 0 Å². The van der Waals surface area contributed by atoms with E-state index >= 15 is 0 Å². The third-order valence-corrected chi connectivity index (χ3v) is 2.70. The molecule has 0 atom stereocenters. The van der Waals surface area contributed by atoms with Crippen LogP contribution in [-0.4, -0.2) is 28.8 Å². The van der Waals surface area contributed by atoms with E-state index in [1.165, 1.54) is 0 Å². The van der Waals surface area contributed by atoms with Crippen LogP contribution < -0.4 is 10.6 Å². The summed E-state index contributed by atoms with van der Waals surface area (Å²) in [6, 6.07) is 0.